The average molecular weight is 291 g/mol. The molecule has 21 heavy (non-hydrogen) atoms. The van der Waals surface area contributed by atoms with E-state index < -0.39 is 17.7 Å². The summed E-state index contributed by atoms with van der Waals surface area (Å²) in [5.74, 6) is -2.49. The van der Waals surface area contributed by atoms with E-state index in [2.05, 4.69) is 15.6 Å². The van der Waals surface area contributed by atoms with E-state index in [0.29, 0.717) is 5.69 Å². The number of benzene rings is 1. The molecule has 0 atom stereocenters. The molecule has 108 valence electrons. The summed E-state index contributed by atoms with van der Waals surface area (Å²) < 4.78 is 26.6. The van der Waals surface area contributed by atoms with Crippen LogP contribution in [0.2, 0.25) is 0 Å². The summed E-state index contributed by atoms with van der Waals surface area (Å²) in [5, 5.41) is 4.78. The van der Waals surface area contributed by atoms with E-state index in [0.717, 1.165) is 18.3 Å². The number of carbonyl (C=O) groups is 2. The van der Waals surface area contributed by atoms with Gasteiger partial charge < -0.3 is 10.6 Å². The maximum absolute atomic E-state index is 13.6. The van der Waals surface area contributed by atoms with Crippen LogP contribution >= 0.6 is 0 Å². The number of nitrogens with zero attached hydrogens (tertiary/aromatic N) is 1. The lowest BCUT2D eigenvalue weighted by atomic mass is 10.2. The van der Waals surface area contributed by atoms with Crippen LogP contribution in [-0.4, -0.2) is 16.8 Å². The molecule has 1 heterocycles. The molecule has 2 rings (SSSR count). The molecule has 1 aromatic carbocycles. The molecule has 0 radical (unpaired) electrons. The van der Waals surface area contributed by atoms with Gasteiger partial charge >= 0.3 is 0 Å². The largest absolute Gasteiger partial charge is 0.326 e. The first-order valence-corrected chi connectivity index (χ1v) is 5.96. The lowest BCUT2D eigenvalue weighted by Gasteiger charge is -2.09. The molecule has 2 amide bonds. The highest BCUT2D eigenvalue weighted by molar-refractivity contribution is 6.04. The summed E-state index contributed by atoms with van der Waals surface area (Å²) in [5.41, 5.74) is 0.218. The van der Waals surface area contributed by atoms with Gasteiger partial charge in [-0.2, -0.15) is 4.39 Å². The van der Waals surface area contributed by atoms with Crippen molar-refractivity contribution in [3.8, 4) is 0 Å². The van der Waals surface area contributed by atoms with Crippen molar-refractivity contribution >= 4 is 23.2 Å². The second kappa shape index (κ2) is 6.08. The summed E-state index contributed by atoms with van der Waals surface area (Å²) in [7, 11) is 0. The van der Waals surface area contributed by atoms with E-state index in [1.807, 2.05) is 0 Å². The van der Waals surface area contributed by atoms with Crippen LogP contribution in [0.3, 0.4) is 0 Å². The number of hydrogen-bond acceptors (Lipinski definition) is 3. The van der Waals surface area contributed by atoms with Gasteiger partial charge in [0.1, 0.15) is 5.82 Å². The van der Waals surface area contributed by atoms with Gasteiger partial charge in [-0.05, 0) is 24.3 Å². The van der Waals surface area contributed by atoms with Crippen LogP contribution in [0.1, 0.15) is 17.3 Å². The van der Waals surface area contributed by atoms with E-state index in [9.17, 15) is 18.4 Å². The van der Waals surface area contributed by atoms with Crippen molar-refractivity contribution in [2.45, 2.75) is 6.92 Å². The van der Waals surface area contributed by atoms with Crippen molar-refractivity contribution < 1.29 is 18.4 Å². The molecule has 0 saturated heterocycles. The van der Waals surface area contributed by atoms with Gasteiger partial charge in [-0.15, -0.1) is 0 Å². The molecule has 1 aromatic heterocycles. The van der Waals surface area contributed by atoms with Crippen LogP contribution in [0.5, 0.6) is 0 Å². The molecule has 0 aliphatic carbocycles. The van der Waals surface area contributed by atoms with Crippen LogP contribution in [0.15, 0.2) is 36.5 Å². The lowest BCUT2D eigenvalue weighted by Crippen LogP contribution is -2.14. The molecule has 5 nitrogen and oxygen atoms in total. The number of nitrogens with one attached hydrogen (secondary N) is 2. The lowest BCUT2D eigenvalue weighted by molar-refractivity contribution is -0.114. The molecule has 0 aliphatic heterocycles. The molecule has 0 spiro atoms. The zero-order chi connectivity index (χ0) is 15.4. The Kier molecular flexibility index (Phi) is 4.22. The average Bonchev–Trinajstić information content (AvgIpc) is 2.42. The van der Waals surface area contributed by atoms with Crippen molar-refractivity contribution in [3.05, 3.63) is 53.9 Å². The molecule has 2 aromatic rings. The fourth-order valence-electron chi connectivity index (χ4n) is 1.64. The Morgan fingerprint density at radius 3 is 2.52 bits per heavy atom. The summed E-state index contributed by atoms with van der Waals surface area (Å²) in [6, 6.07) is 5.97. The number of halogens is 2. The Hall–Kier alpha value is -2.83. The maximum Gasteiger partial charge on any atom is 0.255 e. The van der Waals surface area contributed by atoms with Crippen LogP contribution in [0.4, 0.5) is 20.2 Å². The summed E-state index contributed by atoms with van der Waals surface area (Å²) in [6.45, 7) is 1.31. The molecule has 0 fully saturated rings. The molecule has 2 N–H and O–H groups in total. The van der Waals surface area contributed by atoms with Gasteiger partial charge in [-0.25, -0.2) is 9.37 Å². The third kappa shape index (κ3) is 3.82. The zero-order valence-electron chi connectivity index (χ0n) is 11.0. The zero-order valence-corrected chi connectivity index (χ0v) is 11.0. The van der Waals surface area contributed by atoms with E-state index in [1.165, 1.54) is 25.1 Å². The fraction of sp³-hybridized carbons (Fsp3) is 0.0714. The van der Waals surface area contributed by atoms with Crippen molar-refractivity contribution in [2.75, 3.05) is 10.6 Å². The number of amides is 2. The highest BCUT2D eigenvalue weighted by Crippen LogP contribution is 2.20. The first-order valence-electron chi connectivity index (χ1n) is 5.96. The normalized spacial score (nSPS) is 10.0. The number of aromatic nitrogens is 1. The predicted octanol–water partition coefficient (Wildman–Crippen LogP) is 2.57. The summed E-state index contributed by atoms with van der Waals surface area (Å²) in [4.78, 5) is 26.2. The Labute approximate surface area is 119 Å². The highest BCUT2D eigenvalue weighted by atomic mass is 19.1. The standard InChI is InChI=1S/C14H11F2N3O2/c1-8(20)18-10-2-3-11(15)12(7-10)19-14(21)9-4-5-17-13(16)6-9/h2-7H,1H3,(H,18,20)(H,19,21). The second-order valence-electron chi connectivity index (χ2n) is 4.20. The minimum Gasteiger partial charge on any atom is -0.326 e. The molecule has 0 bridgehead atoms. The van der Waals surface area contributed by atoms with Gasteiger partial charge in [0.25, 0.3) is 5.91 Å². The molecular formula is C14H11F2N3O2. The third-order valence-corrected chi connectivity index (χ3v) is 2.52. The fourth-order valence-corrected chi connectivity index (χ4v) is 1.64. The van der Waals surface area contributed by atoms with Crippen LogP contribution in [-0.2, 0) is 4.79 Å². The van der Waals surface area contributed by atoms with Gasteiger partial charge in [0.2, 0.25) is 11.9 Å². The first kappa shape index (κ1) is 14.6. The van der Waals surface area contributed by atoms with E-state index in [1.54, 1.807) is 0 Å². The Bertz CT molecular complexity index is 704. The van der Waals surface area contributed by atoms with Crippen molar-refractivity contribution in [1.29, 1.82) is 0 Å². The molecule has 0 unspecified atom stereocenters. The van der Waals surface area contributed by atoms with E-state index >= 15 is 0 Å². The SMILES string of the molecule is CC(=O)Nc1ccc(F)c(NC(=O)c2ccnc(F)c2)c1. The molecule has 0 saturated carbocycles. The monoisotopic (exact) mass is 291 g/mol. The second-order valence-corrected chi connectivity index (χ2v) is 4.20. The number of pyridine rings is 1. The topological polar surface area (TPSA) is 71.1 Å². The Morgan fingerprint density at radius 1 is 1.10 bits per heavy atom. The Morgan fingerprint density at radius 2 is 1.86 bits per heavy atom. The first-order chi connectivity index (χ1) is 9.95. The molecular weight excluding hydrogens is 280 g/mol. The highest BCUT2D eigenvalue weighted by Gasteiger charge is 2.11. The van der Waals surface area contributed by atoms with E-state index in [-0.39, 0.29) is 17.2 Å². The molecule has 7 heteroatoms. The van der Waals surface area contributed by atoms with Gasteiger partial charge in [-0.1, -0.05) is 0 Å². The summed E-state index contributed by atoms with van der Waals surface area (Å²) >= 11 is 0. The van der Waals surface area contributed by atoms with Crippen molar-refractivity contribution in [3.63, 3.8) is 0 Å². The van der Waals surface area contributed by atoms with Gasteiger partial charge in [-0.3, -0.25) is 9.59 Å². The van der Waals surface area contributed by atoms with Gasteiger partial charge in [0, 0.05) is 30.4 Å². The minimum atomic E-state index is -0.810. The minimum absolute atomic E-state index is 0.00632. The number of rotatable bonds is 3. The van der Waals surface area contributed by atoms with Crippen LogP contribution in [0, 0.1) is 11.8 Å². The van der Waals surface area contributed by atoms with E-state index in [4.69, 9.17) is 0 Å². The van der Waals surface area contributed by atoms with Crippen molar-refractivity contribution in [2.24, 2.45) is 0 Å². The number of hydrogen-bond donors (Lipinski definition) is 2. The Balaban J connectivity index is 2.22. The predicted molar refractivity (Wildman–Crippen MR) is 72.9 cm³/mol. The van der Waals surface area contributed by atoms with Gasteiger partial charge in [0.05, 0.1) is 5.69 Å². The number of carbonyl (C=O) groups excluding carboxylic acids is 2. The maximum atomic E-state index is 13.6. The van der Waals surface area contributed by atoms with Gasteiger partial charge in [0.15, 0.2) is 0 Å². The van der Waals surface area contributed by atoms with Crippen LogP contribution in [0.25, 0.3) is 0 Å². The van der Waals surface area contributed by atoms with Crippen LogP contribution < -0.4 is 10.6 Å². The quantitative estimate of drug-likeness (QED) is 0.854. The summed E-state index contributed by atoms with van der Waals surface area (Å²) in [6.07, 6.45) is 1.13. The number of anilines is 2. The smallest absolute Gasteiger partial charge is 0.255 e. The molecule has 0 aliphatic rings. The van der Waals surface area contributed by atoms with Crippen molar-refractivity contribution in [1.82, 2.24) is 4.98 Å². The third-order valence-electron chi connectivity index (χ3n) is 2.52.